The fourth-order valence-corrected chi connectivity index (χ4v) is 2.48. The number of rotatable bonds is 2. The smallest absolute Gasteiger partial charge is 0.127 e. The van der Waals surface area contributed by atoms with E-state index in [0.29, 0.717) is 0 Å². The van der Waals surface area contributed by atoms with Crippen LogP contribution in [0.4, 0.5) is 0 Å². The predicted octanol–water partition coefficient (Wildman–Crippen LogP) is 3.37. The molecule has 2 rings (SSSR count). The number of aryl methyl sites for hydroxylation is 2. The van der Waals surface area contributed by atoms with Gasteiger partial charge in [0.05, 0.1) is 6.04 Å². The van der Waals surface area contributed by atoms with E-state index in [1.165, 1.54) is 22.3 Å². The number of nitrogens with zero attached hydrogens (tertiary/aromatic N) is 1. The van der Waals surface area contributed by atoms with Gasteiger partial charge in [-0.15, -0.1) is 0 Å². The summed E-state index contributed by atoms with van der Waals surface area (Å²) in [4.78, 5) is 7.36. The molecule has 0 fully saturated rings. The van der Waals surface area contributed by atoms with Crippen LogP contribution in [0.2, 0.25) is 0 Å². The van der Waals surface area contributed by atoms with Gasteiger partial charge in [0.2, 0.25) is 0 Å². The van der Waals surface area contributed by atoms with Gasteiger partial charge in [0.1, 0.15) is 5.82 Å². The number of H-pyrrole nitrogens is 1. The average molecular weight is 257 g/mol. The minimum absolute atomic E-state index is 0.156. The van der Waals surface area contributed by atoms with E-state index >= 15 is 0 Å². The Balaban J connectivity index is 2.48. The molecule has 1 heterocycles. The second-order valence-corrected chi connectivity index (χ2v) is 6.23. The summed E-state index contributed by atoms with van der Waals surface area (Å²) in [5.74, 6) is 0.815. The van der Waals surface area contributed by atoms with Crippen molar-refractivity contribution in [2.75, 3.05) is 0 Å². The van der Waals surface area contributed by atoms with Crippen LogP contribution < -0.4 is 5.73 Å². The van der Waals surface area contributed by atoms with Crippen LogP contribution in [-0.4, -0.2) is 9.97 Å². The van der Waals surface area contributed by atoms with Gasteiger partial charge in [-0.1, -0.05) is 32.9 Å². The lowest BCUT2D eigenvalue weighted by Gasteiger charge is -2.24. The van der Waals surface area contributed by atoms with Gasteiger partial charge in [0.25, 0.3) is 0 Å². The molecule has 1 aromatic carbocycles. The first-order valence-electron chi connectivity index (χ1n) is 6.67. The van der Waals surface area contributed by atoms with Crippen molar-refractivity contribution >= 4 is 0 Å². The molecule has 3 heteroatoms. The minimum atomic E-state index is -0.191. The third kappa shape index (κ3) is 2.71. The zero-order chi connectivity index (χ0) is 14.2. The number of hydrogen-bond acceptors (Lipinski definition) is 2. The van der Waals surface area contributed by atoms with E-state index in [2.05, 4.69) is 56.7 Å². The molecule has 0 aliphatic rings. The van der Waals surface area contributed by atoms with Crippen molar-refractivity contribution in [3.05, 3.63) is 52.6 Å². The molecule has 102 valence electrons. The highest BCUT2D eigenvalue weighted by Gasteiger charge is 2.20. The van der Waals surface area contributed by atoms with Crippen LogP contribution in [0.25, 0.3) is 0 Å². The molecule has 0 radical (unpaired) electrons. The van der Waals surface area contributed by atoms with Crippen LogP contribution >= 0.6 is 0 Å². The maximum Gasteiger partial charge on any atom is 0.127 e. The van der Waals surface area contributed by atoms with Gasteiger partial charge < -0.3 is 10.7 Å². The second kappa shape index (κ2) is 4.82. The van der Waals surface area contributed by atoms with Crippen molar-refractivity contribution in [1.82, 2.24) is 9.97 Å². The predicted molar refractivity (Wildman–Crippen MR) is 79.2 cm³/mol. The van der Waals surface area contributed by atoms with Gasteiger partial charge in [-0.3, -0.25) is 0 Å². The third-order valence-corrected chi connectivity index (χ3v) is 3.58. The summed E-state index contributed by atoms with van der Waals surface area (Å²) in [6.45, 7) is 10.9. The Hall–Kier alpha value is -1.61. The fourth-order valence-electron chi connectivity index (χ4n) is 2.48. The summed E-state index contributed by atoms with van der Waals surface area (Å²) in [6.07, 6.45) is 3.55. The average Bonchev–Trinajstić information content (AvgIpc) is 2.79. The quantitative estimate of drug-likeness (QED) is 0.866. The molecule has 1 atom stereocenters. The van der Waals surface area contributed by atoms with E-state index in [0.717, 1.165) is 5.82 Å². The normalized spacial score (nSPS) is 13.6. The number of aromatic amines is 1. The first-order chi connectivity index (χ1) is 8.80. The van der Waals surface area contributed by atoms with Crippen LogP contribution in [0, 0.1) is 13.8 Å². The van der Waals surface area contributed by atoms with Crippen molar-refractivity contribution in [1.29, 1.82) is 0 Å². The lowest BCUT2D eigenvalue weighted by atomic mass is 9.82. The molecule has 1 unspecified atom stereocenters. The minimum Gasteiger partial charge on any atom is -0.347 e. The SMILES string of the molecule is Cc1cc(C(C)(C)C)cc(C)c1C(N)c1ncc[nH]1. The Bertz CT molecular complexity index is 539. The van der Waals surface area contributed by atoms with Gasteiger partial charge in [-0.25, -0.2) is 4.98 Å². The van der Waals surface area contributed by atoms with Crippen LogP contribution in [0.1, 0.15) is 54.9 Å². The molecule has 0 bridgehead atoms. The van der Waals surface area contributed by atoms with Crippen LogP contribution in [-0.2, 0) is 5.41 Å². The number of imidazole rings is 1. The largest absolute Gasteiger partial charge is 0.347 e. The molecular formula is C16H23N3. The lowest BCUT2D eigenvalue weighted by molar-refractivity contribution is 0.588. The molecule has 0 aliphatic carbocycles. The van der Waals surface area contributed by atoms with Gasteiger partial charge in [-0.05, 0) is 41.5 Å². The Morgan fingerprint density at radius 3 is 2.16 bits per heavy atom. The Labute approximate surface area is 115 Å². The van der Waals surface area contributed by atoms with Crippen LogP contribution in [0.15, 0.2) is 24.5 Å². The first kappa shape index (κ1) is 13.8. The summed E-state index contributed by atoms with van der Waals surface area (Å²) < 4.78 is 0. The molecule has 1 aromatic heterocycles. The second-order valence-electron chi connectivity index (χ2n) is 6.23. The van der Waals surface area contributed by atoms with E-state index in [1.54, 1.807) is 6.20 Å². The molecule has 3 nitrogen and oxygen atoms in total. The zero-order valence-electron chi connectivity index (χ0n) is 12.4. The maximum atomic E-state index is 6.33. The number of nitrogens with two attached hydrogens (primary N) is 1. The summed E-state index contributed by atoms with van der Waals surface area (Å²) in [6, 6.07) is 4.29. The highest BCUT2D eigenvalue weighted by Crippen LogP contribution is 2.30. The third-order valence-electron chi connectivity index (χ3n) is 3.58. The van der Waals surface area contributed by atoms with Crippen LogP contribution in [0.5, 0.6) is 0 Å². The molecule has 19 heavy (non-hydrogen) atoms. The summed E-state index contributed by atoms with van der Waals surface area (Å²) in [5, 5.41) is 0. The number of benzene rings is 1. The van der Waals surface area contributed by atoms with Crippen molar-refractivity contribution in [2.45, 2.75) is 46.1 Å². The van der Waals surface area contributed by atoms with E-state index in [-0.39, 0.29) is 11.5 Å². The van der Waals surface area contributed by atoms with Crippen molar-refractivity contribution < 1.29 is 0 Å². The van der Waals surface area contributed by atoms with Gasteiger partial charge in [-0.2, -0.15) is 0 Å². The van der Waals surface area contributed by atoms with E-state index in [4.69, 9.17) is 5.73 Å². The van der Waals surface area contributed by atoms with Gasteiger partial charge >= 0.3 is 0 Å². The number of nitrogens with one attached hydrogen (secondary N) is 1. The molecular weight excluding hydrogens is 234 g/mol. The number of hydrogen-bond donors (Lipinski definition) is 2. The lowest BCUT2D eigenvalue weighted by Crippen LogP contribution is -2.18. The standard InChI is InChI=1S/C16H23N3/c1-10-8-12(16(3,4)5)9-11(2)13(10)14(17)15-18-6-7-19-15/h6-9,14H,17H2,1-5H3,(H,18,19). The summed E-state index contributed by atoms with van der Waals surface area (Å²) >= 11 is 0. The van der Waals surface area contributed by atoms with E-state index < -0.39 is 0 Å². The Kier molecular flexibility index (Phi) is 3.50. The highest BCUT2D eigenvalue weighted by atomic mass is 14.9. The molecule has 0 spiro atoms. The Morgan fingerprint density at radius 1 is 1.16 bits per heavy atom. The highest BCUT2D eigenvalue weighted by molar-refractivity contribution is 5.43. The molecule has 0 saturated carbocycles. The van der Waals surface area contributed by atoms with E-state index in [1.807, 2.05) is 6.20 Å². The van der Waals surface area contributed by atoms with Gasteiger partial charge in [0.15, 0.2) is 0 Å². The molecule has 0 saturated heterocycles. The molecule has 0 amide bonds. The van der Waals surface area contributed by atoms with Gasteiger partial charge in [0, 0.05) is 12.4 Å². The molecule has 0 aliphatic heterocycles. The Morgan fingerprint density at radius 2 is 1.74 bits per heavy atom. The summed E-state index contributed by atoms with van der Waals surface area (Å²) in [7, 11) is 0. The molecule has 2 aromatic rings. The topological polar surface area (TPSA) is 54.7 Å². The summed E-state index contributed by atoms with van der Waals surface area (Å²) in [5.41, 5.74) is 11.5. The van der Waals surface area contributed by atoms with E-state index in [9.17, 15) is 0 Å². The molecule has 3 N–H and O–H groups in total. The fraction of sp³-hybridized carbons (Fsp3) is 0.438. The monoisotopic (exact) mass is 257 g/mol. The van der Waals surface area contributed by atoms with Crippen molar-refractivity contribution in [2.24, 2.45) is 5.73 Å². The maximum absolute atomic E-state index is 6.33. The van der Waals surface area contributed by atoms with Crippen molar-refractivity contribution in [3.8, 4) is 0 Å². The van der Waals surface area contributed by atoms with Crippen LogP contribution in [0.3, 0.4) is 0 Å². The first-order valence-corrected chi connectivity index (χ1v) is 6.67. The zero-order valence-corrected chi connectivity index (χ0v) is 12.4. The number of aromatic nitrogens is 2. The van der Waals surface area contributed by atoms with Crippen molar-refractivity contribution in [3.63, 3.8) is 0 Å².